The van der Waals surface area contributed by atoms with Gasteiger partial charge in [-0.3, -0.25) is 24.0 Å². The summed E-state index contributed by atoms with van der Waals surface area (Å²) in [7, 11) is 0. The number of nitrogens with one attached hydrogen (secondary N) is 5. The smallest absolute Gasteiger partial charge is 0.416 e. The third-order valence-corrected chi connectivity index (χ3v) is 18.6. The third-order valence-electron chi connectivity index (χ3n) is 18.6. The maximum atomic E-state index is 15.1. The predicted octanol–water partition coefficient (Wildman–Crippen LogP) is 14.1. The summed E-state index contributed by atoms with van der Waals surface area (Å²) < 4.78 is 119. The van der Waals surface area contributed by atoms with E-state index < -0.39 is 120 Å². The number of amides is 5. The molecule has 518 valence electrons. The number of piperidine rings is 2. The topological polar surface area (TPSA) is 225 Å². The zero-order valence-electron chi connectivity index (χ0n) is 54.5. The maximum absolute atomic E-state index is 15.1. The van der Waals surface area contributed by atoms with Crippen molar-refractivity contribution in [2.24, 2.45) is 23.5 Å². The van der Waals surface area contributed by atoms with Crippen molar-refractivity contribution < 1.29 is 73.7 Å². The number of esters is 1. The van der Waals surface area contributed by atoms with Crippen LogP contribution in [-0.2, 0) is 49.5 Å². The summed E-state index contributed by atoms with van der Waals surface area (Å²) in [5.74, 6) is -7.31. The fourth-order valence-corrected chi connectivity index (χ4v) is 13.6. The zero-order chi connectivity index (χ0) is 69.9. The van der Waals surface area contributed by atoms with E-state index in [2.05, 4.69) is 26.6 Å². The molecule has 10 rings (SSSR count). The molecule has 6 aromatic rings. The molecule has 2 aliphatic heterocycles. The fraction of sp³-hybridized carbons (Fsp3) is 0.425. The van der Waals surface area contributed by atoms with Crippen molar-refractivity contribution in [2.45, 2.75) is 161 Å². The summed E-state index contributed by atoms with van der Waals surface area (Å²) in [5.41, 5.74) is 6.11. The van der Waals surface area contributed by atoms with Gasteiger partial charge < -0.3 is 52.0 Å². The number of aliphatic hydroxyl groups is 1. The molecule has 6 aromatic carbocycles. The number of ether oxygens (including phenoxy) is 1. The molecular weight excluding hydrogens is 1270 g/mol. The monoisotopic (exact) mass is 1350 g/mol. The van der Waals surface area contributed by atoms with Gasteiger partial charge in [-0.25, -0.2) is 13.6 Å². The number of nitrogens with two attached hydrogens (primary N) is 1. The molecule has 0 radical (unpaired) electrons. The SMILES string of the molecule is Cc1cccc(F)c1C(=O)N1CCCC(C(=O)Nc2ccc(CO)c(C(F)(F)F)c2)C1c1ccc(NC2CCCC2)cc1.Cc1cccc(F)c1C(=O)N1CCC[C@H](C(=O)Nc2ccc(COC(=O)[C@H](NC(=O)CN)C(C)C)c(C(F)(F)F)c2)[C@@H]1c1ccc(NC2CCCC2)cc1. The van der Waals surface area contributed by atoms with Crippen LogP contribution in [0.25, 0.3) is 0 Å². The van der Waals surface area contributed by atoms with Gasteiger partial charge in [0.1, 0.15) is 24.3 Å². The number of hydrogen-bond acceptors (Lipinski definition) is 11. The molecule has 2 saturated heterocycles. The number of likely N-dealkylation sites (tertiary alicyclic amines) is 2. The van der Waals surface area contributed by atoms with E-state index in [0.29, 0.717) is 60.0 Å². The Morgan fingerprint density at radius 1 is 0.557 bits per heavy atom. The molecule has 0 spiro atoms. The molecule has 4 aliphatic rings. The number of rotatable bonds is 19. The van der Waals surface area contributed by atoms with Crippen LogP contribution in [0.15, 0.2) is 121 Å². The highest BCUT2D eigenvalue weighted by molar-refractivity contribution is 5.99. The Morgan fingerprint density at radius 3 is 1.34 bits per heavy atom. The molecule has 24 heteroatoms. The van der Waals surface area contributed by atoms with Crippen molar-refractivity contribution >= 4 is 58.3 Å². The second-order valence-corrected chi connectivity index (χ2v) is 25.7. The normalized spacial score (nSPS) is 18.8. The summed E-state index contributed by atoms with van der Waals surface area (Å²) in [5, 5.41) is 24.1. The van der Waals surface area contributed by atoms with Crippen molar-refractivity contribution in [3.05, 3.63) is 189 Å². The molecule has 5 amide bonds. The maximum Gasteiger partial charge on any atom is 0.416 e. The molecule has 2 heterocycles. The van der Waals surface area contributed by atoms with Crippen molar-refractivity contribution in [2.75, 3.05) is 40.9 Å². The van der Waals surface area contributed by atoms with Crippen LogP contribution in [0.4, 0.5) is 57.9 Å². The van der Waals surface area contributed by atoms with Crippen LogP contribution in [0.3, 0.4) is 0 Å². The molecule has 0 aromatic heterocycles. The average Bonchev–Trinajstić information content (AvgIpc) is 1.71. The van der Waals surface area contributed by atoms with Crippen molar-refractivity contribution in [1.82, 2.24) is 15.1 Å². The molecule has 16 nitrogen and oxygen atoms in total. The van der Waals surface area contributed by atoms with Gasteiger partial charge in [-0.05, 0) is 160 Å². The van der Waals surface area contributed by atoms with E-state index in [0.717, 1.165) is 74.2 Å². The summed E-state index contributed by atoms with van der Waals surface area (Å²) in [4.78, 5) is 83.2. The average molecular weight is 1350 g/mol. The van der Waals surface area contributed by atoms with E-state index in [1.54, 1.807) is 39.8 Å². The molecule has 8 N–H and O–H groups in total. The quantitative estimate of drug-likeness (QED) is 0.0298. The minimum atomic E-state index is -4.88. The Kier molecular flexibility index (Phi) is 23.9. The molecule has 2 aliphatic carbocycles. The summed E-state index contributed by atoms with van der Waals surface area (Å²) in [6, 6.07) is 28.0. The van der Waals surface area contributed by atoms with Gasteiger partial charge >= 0.3 is 18.3 Å². The van der Waals surface area contributed by atoms with E-state index in [9.17, 15) is 64.6 Å². The minimum Gasteiger partial charge on any atom is -0.459 e. The first-order valence-electron chi connectivity index (χ1n) is 32.9. The van der Waals surface area contributed by atoms with Gasteiger partial charge in [0.25, 0.3) is 11.8 Å². The second kappa shape index (κ2) is 32.0. The lowest BCUT2D eigenvalue weighted by molar-refractivity contribution is -0.152. The first kappa shape index (κ1) is 72.4. The molecule has 97 heavy (non-hydrogen) atoms. The minimum absolute atomic E-state index is 0.0671. The van der Waals surface area contributed by atoms with Gasteiger partial charge in [-0.1, -0.05) is 100 Å². The number of aryl methyl sites for hydroxylation is 2. The van der Waals surface area contributed by atoms with E-state index in [-0.39, 0.29) is 53.3 Å². The second-order valence-electron chi connectivity index (χ2n) is 25.7. The Labute approximate surface area is 558 Å². The van der Waals surface area contributed by atoms with Gasteiger partial charge in [0, 0.05) is 53.5 Å². The predicted molar refractivity (Wildman–Crippen MR) is 352 cm³/mol. The highest BCUT2D eigenvalue weighted by Gasteiger charge is 2.44. The van der Waals surface area contributed by atoms with Crippen molar-refractivity contribution in [3.8, 4) is 0 Å². The van der Waals surface area contributed by atoms with E-state index in [1.165, 1.54) is 59.0 Å². The van der Waals surface area contributed by atoms with Crippen LogP contribution in [0.5, 0.6) is 0 Å². The number of nitrogens with zero attached hydrogens (tertiary/aromatic N) is 2. The molecule has 2 saturated carbocycles. The van der Waals surface area contributed by atoms with Gasteiger partial charge in [0.05, 0.1) is 59.3 Å². The van der Waals surface area contributed by atoms with Gasteiger partial charge in [0.2, 0.25) is 17.7 Å². The van der Waals surface area contributed by atoms with Crippen LogP contribution in [0.1, 0.15) is 168 Å². The van der Waals surface area contributed by atoms with Gasteiger partial charge in [-0.2, -0.15) is 26.3 Å². The molecule has 4 fully saturated rings. The van der Waals surface area contributed by atoms with Crippen LogP contribution in [-0.4, -0.2) is 88.2 Å². The van der Waals surface area contributed by atoms with Crippen LogP contribution >= 0.6 is 0 Å². The highest BCUT2D eigenvalue weighted by Crippen LogP contribution is 2.43. The first-order chi connectivity index (χ1) is 46.2. The van der Waals surface area contributed by atoms with Crippen LogP contribution in [0, 0.1) is 43.2 Å². The van der Waals surface area contributed by atoms with E-state index >= 15 is 4.39 Å². The number of aliphatic hydroxyl groups excluding tert-OH is 1. The van der Waals surface area contributed by atoms with Gasteiger partial charge in [0.15, 0.2) is 0 Å². The lowest BCUT2D eigenvalue weighted by Gasteiger charge is -2.41. The number of anilines is 4. The number of hydrogen-bond donors (Lipinski definition) is 7. The lowest BCUT2D eigenvalue weighted by Crippen LogP contribution is -2.47. The standard InChI is InChI=1S/C40H47F4N5O5.C33H35F4N3O3/c1-23(2)35(48-33(50)21-45)39(53)54-22-26-15-18-29(20-31(26)40(42,43)44)47-37(51)30-11-7-19-49(38(52)34-24(3)8-6-12-32(34)41)36(30)25-13-16-28(17-14-25)46-27-9-4-5-10-27;1-20-6-4-10-28(34)29(20)32(43)40-17-5-9-26(30(40)21-11-14-24(15-12-21)38-23-7-2-3-8-23)31(42)39-25-16-13-22(19-41)27(18-25)33(35,36)37/h6,8,12-18,20,23,27,30,35-36,46H,4-5,7,9-11,19,21-22,45H2,1-3H3,(H,47,51)(H,48,50);4,6,10-16,18,23,26,30,38,41H,2-3,5,7-9,17,19H2,1H3,(H,39,42)/t30-,35+,36-;/m0./s1. The van der Waals surface area contributed by atoms with Crippen molar-refractivity contribution in [3.63, 3.8) is 0 Å². The van der Waals surface area contributed by atoms with E-state index in [1.807, 2.05) is 48.5 Å². The number of alkyl halides is 6. The number of carbonyl (C=O) groups is 6. The summed E-state index contributed by atoms with van der Waals surface area (Å²) in [6.07, 6.45) is 0.893. The molecule has 5 atom stereocenters. The third kappa shape index (κ3) is 17.8. The molecule has 2 unspecified atom stereocenters. The Hall–Kier alpha value is -8.90. The summed E-state index contributed by atoms with van der Waals surface area (Å²) >= 11 is 0. The molecule has 0 bridgehead atoms. The Bertz CT molecular complexity index is 3740. The first-order valence-corrected chi connectivity index (χ1v) is 32.9. The summed E-state index contributed by atoms with van der Waals surface area (Å²) in [6.45, 7) is 5.15. The largest absolute Gasteiger partial charge is 0.459 e. The zero-order valence-corrected chi connectivity index (χ0v) is 54.5. The Morgan fingerprint density at radius 2 is 0.959 bits per heavy atom. The number of benzene rings is 6. The van der Waals surface area contributed by atoms with E-state index in [4.69, 9.17) is 10.5 Å². The lowest BCUT2D eigenvalue weighted by atomic mass is 9.83. The highest BCUT2D eigenvalue weighted by atomic mass is 19.4. The Balaban J connectivity index is 0.000000233. The van der Waals surface area contributed by atoms with Crippen LogP contribution in [0.2, 0.25) is 0 Å². The number of halogens is 8. The fourth-order valence-electron chi connectivity index (χ4n) is 13.6. The van der Waals surface area contributed by atoms with Crippen LogP contribution < -0.4 is 32.3 Å². The van der Waals surface area contributed by atoms with Gasteiger partial charge in [-0.15, -0.1) is 0 Å². The molecular formula is C73H82F8N8O8. The van der Waals surface area contributed by atoms with Crippen molar-refractivity contribution in [1.29, 1.82) is 0 Å². The number of carbonyl (C=O) groups excluding carboxylic acids is 6.